The Kier molecular flexibility index (Phi) is 5.15. The Labute approximate surface area is 121 Å². The van der Waals surface area contributed by atoms with Gasteiger partial charge in [-0.25, -0.2) is 8.42 Å². The lowest BCUT2D eigenvalue weighted by molar-refractivity contribution is 0.360. The highest BCUT2D eigenvalue weighted by atomic mass is 32.2. The normalized spacial score (nSPS) is 11.8. The standard InChI is InChI=1S/C14H21N3O2S/c1-10(2)17(9-5-8-15)20(18,19)14-11(3)6-7-13(16)12(14)4/h6-7,10H,5,9,16H2,1-4H3. The molecule has 0 saturated carbocycles. The fraction of sp³-hybridized carbons (Fsp3) is 0.500. The Balaban J connectivity index is 3.42. The van der Waals surface area contributed by atoms with Crippen molar-refractivity contribution >= 4 is 15.7 Å². The maximum atomic E-state index is 12.8. The van der Waals surface area contributed by atoms with Crippen LogP contribution in [0.15, 0.2) is 17.0 Å². The van der Waals surface area contributed by atoms with Gasteiger partial charge in [-0.2, -0.15) is 9.57 Å². The van der Waals surface area contributed by atoms with Crippen molar-refractivity contribution in [3.8, 4) is 6.07 Å². The number of benzene rings is 1. The predicted octanol–water partition coefficient (Wildman–Crippen LogP) is 2.20. The van der Waals surface area contributed by atoms with Gasteiger partial charge in [-0.05, 0) is 44.9 Å². The maximum Gasteiger partial charge on any atom is 0.243 e. The summed E-state index contributed by atoms with van der Waals surface area (Å²) in [5.41, 5.74) is 7.51. The third-order valence-electron chi connectivity index (χ3n) is 3.23. The number of sulfonamides is 1. The van der Waals surface area contributed by atoms with Gasteiger partial charge in [0, 0.05) is 24.7 Å². The zero-order valence-corrected chi connectivity index (χ0v) is 13.2. The number of nitriles is 1. The molecule has 5 nitrogen and oxygen atoms in total. The topological polar surface area (TPSA) is 87.2 Å². The second-order valence-electron chi connectivity index (χ2n) is 5.04. The van der Waals surface area contributed by atoms with E-state index in [1.807, 2.05) is 6.07 Å². The largest absolute Gasteiger partial charge is 0.398 e. The van der Waals surface area contributed by atoms with E-state index in [-0.39, 0.29) is 23.9 Å². The third-order valence-corrected chi connectivity index (χ3v) is 5.60. The smallest absolute Gasteiger partial charge is 0.243 e. The molecule has 20 heavy (non-hydrogen) atoms. The number of rotatable bonds is 5. The average molecular weight is 295 g/mol. The first-order valence-electron chi connectivity index (χ1n) is 6.48. The van der Waals surface area contributed by atoms with Gasteiger partial charge in [-0.15, -0.1) is 0 Å². The van der Waals surface area contributed by atoms with E-state index in [4.69, 9.17) is 11.0 Å². The molecule has 0 aliphatic heterocycles. The Morgan fingerprint density at radius 2 is 1.95 bits per heavy atom. The Morgan fingerprint density at radius 1 is 1.35 bits per heavy atom. The highest BCUT2D eigenvalue weighted by Crippen LogP contribution is 2.28. The van der Waals surface area contributed by atoms with Crippen LogP contribution in [0.5, 0.6) is 0 Å². The molecule has 0 aromatic heterocycles. The second-order valence-corrected chi connectivity index (χ2v) is 6.87. The molecule has 0 heterocycles. The molecule has 1 aromatic carbocycles. The Morgan fingerprint density at radius 3 is 2.45 bits per heavy atom. The third kappa shape index (κ3) is 3.11. The number of hydrogen-bond acceptors (Lipinski definition) is 4. The zero-order chi connectivity index (χ0) is 15.5. The minimum Gasteiger partial charge on any atom is -0.398 e. The van der Waals surface area contributed by atoms with Crippen LogP contribution in [-0.4, -0.2) is 25.3 Å². The van der Waals surface area contributed by atoms with Crippen LogP contribution in [0.25, 0.3) is 0 Å². The fourth-order valence-corrected chi connectivity index (χ4v) is 4.27. The maximum absolute atomic E-state index is 12.8. The van der Waals surface area contributed by atoms with Gasteiger partial charge in [0.05, 0.1) is 11.0 Å². The Hall–Kier alpha value is -1.58. The van der Waals surface area contributed by atoms with Crippen LogP contribution in [0.2, 0.25) is 0 Å². The quantitative estimate of drug-likeness (QED) is 0.844. The Bertz CT molecular complexity index is 631. The molecule has 6 heteroatoms. The molecule has 0 spiro atoms. The highest BCUT2D eigenvalue weighted by molar-refractivity contribution is 7.89. The van der Waals surface area contributed by atoms with Gasteiger partial charge in [0.1, 0.15) is 0 Å². The van der Waals surface area contributed by atoms with Gasteiger partial charge in [0.15, 0.2) is 0 Å². The van der Waals surface area contributed by atoms with E-state index >= 15 is 0 Å². The van der Waals surface area contributed by atoms with Crippen molar-refractivity contribution in [3.63, 3.8) is 0 Å². The summed E-state index contributed by atoms with van der Waals surface area (Å²) in [6.07, 6.45) is 0.165. The number of aryl methyl sites for hydroxylation is 1. The molecule has 0 aliphatic carbocycles. The summed E-state index contributed by atoms with van der Waals surface area (Å²) in [7, 11) is -3.65. The van der Waals surface area contributed by atoms with Gasteiger partial charge < -0.3 is 5.73 Å². The van der Waals surface area contributed by atoms with Gasteiger partial charge in [0.25, 0.3) is 0 Å². The van der Waals surface area contributed by atoms with Crippen LogP contribution in [0, 0.1) is 25.2 Å². The minimum atomic E-state index is -3.65. The van der Waals surface area contributed by atoms with Gasteiger partial charge in [0.2, 0.25) is 10.0 Å². The lowest BCUT2D eigenvalue weighted by atomic mass is 10.1. The van der Waals surface area contributed by atoms with Crippen molar-refractivity contribution in [2.45, 2.75) is 45.1 Å². The lowest BCUT2D eigenvalue weighted by Gasteiger charge is -2.27. The molecule has 1 aromatic rings. The van der Waals surface area contributed by atoms with E-state index in [1.165, 1.54) is 4.31 Å². The molecule has 0 bridgehead atoms. The van der Waals surface area contributed by atoms with Gasteiger partial charge in [-0.1, -0.05) is 6.07 Å². The van der Waals surface area contributed by atoms with Crippen LogP contribution in [0.4, 0.5) is 5.69 Å². The molecule has 0 radical (unpaired) electrons. The summed E-state index contributed by atoms with van der Waals surface area (Å²) in [6, 6.07) is 5.19. The molecule has 0 atom stereocenters. The van der Waals surface area contributed by atoms with Crippen molar-refractivity contribution < 1.29 is 8.42 Å². The van der Waals surface area contributed by atoms with Crippen molar-refractivity contribution in [2.75, 3.05) is 12.3 Å². The molecule has 110 valence electrons. The molecule has 1 rings (SSSR count). The first-order chi connectivity index (χ1) is 9.23. The van der Waals surface area contributed by atoms with Crippen molar-refractivity contribution in [3.05, 3.63) is 23.3 Å². The monoisotopic (exact) mass is 295 g/mol. The summed E-state index contributed by atoms with van der Waals surface area (Å²) < 4.78 is 27.0. The average Bonchev–Trinajstić information content (AvgIpc) is 2.34. The molecule has 0 amide bonds. The number of nitrogen functional groups attached to an aromatic ring is 1. The van der Waals surface area contributed by atoms with Crippen LogP contribution in [-0.2, 0) is 10.0 Å². The number of nitrogens with two attached hydrogens (primary N) is 1. The van der Waals surface area contributed by atoms with E-state index in [9.17, 15) is 8.42 Å². The number of hydrogen-bond donors (Lipinski definition) is 1. The van der Waals surface area contributed by atoms with Crippen LogP contribution < -0.4 is 5.73 Å². The molecule has 0 saturated heterocycles. The van der Waals surface area contributed by atoms with Crippen molar-refractivity contribution in [1.82, 2.24) is 4.31 Å². The van der Waals surface area contributed by atoms with Crippen molar-refractivity contribution in [1.29, 1.82) is 5.26 Å². The lowest BCUT2D eigenvalue weighted by Crippen LogP contribution is -2.38. The highest BCUT2D eigenvalue weighted by Gasteiger charge is 2.30. The number of nitrogens with zero attached hydrogens (tertiary/aromatic N) is 2. The summed E-state index contributed by atoms with van der Waals surface area (Å²) in [6.45, 7) is 7.24. The van der Waals surface area contributed by atoms with Crippen molar-refractivity contribution in [2.24, 2.45) is 0 Å². The summed E-state index contributed by atoms with van der Waals surface area (Å²) >= 11 is 0. The van der Waals surface area contributed by atoms with Crippen LogP contribution in [0.1, 0.15) is 31.4 Å². The fourth-order valence-electron chi connectivity index (χ4n) is 2.17. The van der Waals surface area contributed by atoms with Gasteiger partial charge in [-0.3, -0.25) is 0 Å². The SMILES string of the molecule is Cc1ccc(N)c(C)c1S(=O)(=O)N(CCC#N)C(C)C. The minimum absolute atomic E-state index is 0.165. The van der Waals surface area contributed by atoms with Crippen LogP contribution in [0.3, 0.4) is 0 Å². The van der Waals surface area contributed by atoms with E-state index < -0.39 is 10.0 Å². The first kappa shape index (κ1) is 16.5. The van der Waals surface area contributed by atoms with Crippen LogP contribution >= 0.6 is 0 Å². The first-order valence-corrected chi connectivity index (χ1v) is 7.92. The number of anilines is 1. The molecule has 0 unspecified atom stereocenters. The summed E-state index contributed by atoms with van der Waals surface area (Å²) in [5.74, 6) is 0. The molecule has 0 aliphatic rings. The van der Waals surface area contributed by atoms with Gasteiger partial charge >= 0.3 is 0 Å². The second kappa shape index (κ2) is 6.25. The zero-order valence-electron chi connectivity index (χ0n) is 12.3. The van der Waals surface area contributed by atoms with E-state index in [2.05, 4.69) is 0 Å². The summed E-state index contributed by atoms with van der Waals surface area (Å²) in [5, 5.41) is 8.70. The van der Waals surface area contributed by atoms with E-state index in [1.54, 1.807) is 39.8 Å². The molecule has 2 N–H and O–H groups in total. The molecular formula is C14H21N3O2S. The molecular weight excluding hydrogens is 274 g/mol. The van der Waals surface area contributed by atoms with E-state index in [0.29, 0.717) is 16.8 Å². The predicted molar refractivity (Wildman–Crippen MR) is 79.6 cm³/mol. The molecule has 0 fully saturated rings. The summed E-state index contributed by atoms with van der Waals surface area (Å²) in [4.78, 5) is 0.254. The van der Waals surface area contributed by atoms with E-state index in [0.717, 1.165) is 0 Å².